The Bertz CT molecular complexity index is 974. The lowest BCUT2D eigenvalue weighted by atomic mass is 10.1. The number of amides is 1. The Balaban J connectivity index is 1.94. The van der Waals surface area contributed by atoms with Crippen LogP contribution in [0.1, 0.15) is 10.4 Å². The minimum atomic E-state index is -0.532. The highest BCUT2D eigenvalue weighted by Crippen LogP contribution is 2.33. The van der Waals surface area contributed by atoms with Crippen molar-refractivity contribution >= 4 is 34.3 Å². The van der Waals surface area contributed by atoms with Gasteiger partial charge in [0.05, 0.1) is 11.5 Å². The van der Waals surface area contributed by atoms with E-state index in [4.69, 9.17) is 6.57 Å². The zero-order chi connectivity index (χ0) is 17.8. The Hall–Kier alpha value is -3.50. The van der Waals surface area contributed by atoms with Crippen molar-refractivity contribution in [3.8, 4) is 10.4 Å². The van der Waals surface area contributed by atoms with Gasteiger partial charge in [-0.25, -0.2) is 4.85 Å². The van der Waals surface area contributed by atoms with Crippen LogP contribution in [0, 0.1) is 16.7 Å². The zero-order valence-corrected chi connectivity index (χ0v) is 13.6. The summed E-state index contributed by atoms with van der Waals surface area (Å²) < 4.78 is 0. The van der Waals surface area contributed by atoms with Crippen LogP contribution in [0.3, 0.4) is 0 Å². The molecule has 0 spiro atoms. The second kappa shape index (κ2) is 6.95. The largest absolute Gasteiger partial charge is 0.316 e. The number of nitro groups is 1. The molecule has 1 amide bonds. The van der Waals surface area contributed by atoms with Gasteiger partial charge in [0.2, 0.25) is 0 Å². The topological polar surface area (TPSA) is 76.6 Å². The van der Waals surface area contributed by atoms with Crippen LogP contribution in [-0.2, 0) is 0 Å². The molecule has 0 aliphatic heterocycles. The summed E-state index contributed by atoms with van der Waals surface area (Å²) in [5, 5.41) is 15.7. The van der Waals surface area contributed by atoms with Gasteiger partial charge in [0.1, 0.15) is 5.69 Å². The number of carbonyl (C=O) groups excluding carboxylic acids is 1. The summed E-state index contributed by atoms with van der Waals surface area (Å²) in [5.41, 5.74) is 1.49. The molecule has 6 nitrogen and oxygen atoms in total. The first-order valence-corrected chi connectivity index (χ1v) is 8.07. The number of thiophene rings is 1. The van der Waals surface area contributed by atoms with E-state index in [1.165, 1.54) is 41.7 Å². The summed E-state index contributed by atoms with van der Waals surface area (Å²) in [4.78, 5) is 27.3. The molecule has 1 N–H and O–H groups in total. The Labute approximate surface area is 147 Å². The molecule has 0 saturated heterocycles. The Kier molecular flexibility index (Phi) is 4.55. The van der Waals surface area contributed by atoms with Gasteiger partial charge < -0.3 is 5.32 Å². The van der Waals surface area contributed by atoms with E-state index in [9.17, 15) is 14.9 Å². The van der Waals surface area contributed by atoms with Crippen molar-refractivity contribution in [2.45, 2.75) is 0 Å². The first-order valence-electron chi connectivity index (χ1n) is 7.19. The van der Waals surface area contributed by atoms with E-state index in [0.717, 1.165) is 10.4 Å². The smallest absolute Gasteiger partial charge is 0.292 e. The fraction of sp³-hybridized carbons (Fsp3) is 0. The van der Waals surface area contributed by atoms with Gasteiger partial charge in [-0.2, -0.15) is 0 Å². The van der Waals surface area contributed by atoms with E-state index in [-0.39, 0.29) is 11.4 Å². The highest BCUT2D eigenvalue weighted by atomic mass is 32.1. The average Bonchev–Trinajstić information content (AvgIpc) is 3.16. The Morgan fingerprint density at radius 1 is 1.16 bits per heavy atom. The van der Waals surface area contributed by atoms with Crippen LogP contribution in [0.4, 0.5) is 17.1 Å². The Morgan fingerprint density at radius 2 is 1.92 bits per heavy atom. The van der Waals surface area contributed by atoms with Crippen molar-refractivity contribution in [3.63, 3.8) is 0 Å². The third-order valence-corrected chi connectivity index (χ3v) is 4.42. The lowest BCUT2D eigenvalue weighted by Crippen LogP contribution is -2.13. The quantitative estimate of drug-likeness (QED) is 0.403. The van der Waals surface area contributed by atoms with E-state index in [0.29, 0.717) is 11.3 Å². The van der Waals surface area contributed by atoms with Crippen molar-refractivity contribution in [2.24, 2.45) is 0 Å². The zero-order valence-electron chi connectivity index (χ0n) is 12.8. The summed E-state index contributed by atoms with van der Waals surface area (Å²) in [7, 11) is 0. The van der Waals surface area contributed by atoms with Gasteiger partial charge in [-0.1, -0.05) is 30.3 Å². The molecule has 0 unspecified atom stereocenters. The number of hydrogen-bond donors (Lipinski definition) is 1. The molecule has 0 fully saturated rings. The molecule has 3 aromatic rings. The van der Waals surface area contributed by atoms with Gasteiger partial charge in [0.15, 0.2) is 5.69 Å². The van der Waals surface area contributed by atoms with E-state index >= 15 is 0 Å². The molecule has 7 heteroatoms. The van der Waals surface area contributed by atoms with Crippen LogP contribution in [0.25, 0.3) is 15.3 Å². The second-order valence-electron chi connectivity index (χ2n) is 5.08. The number of nitrogens with zero attached hydrogens (tertiary/aromatic N) is 2. The number of carbonyl (C=O) groups is 1. The van der Waals surface area contributed by atoms with Gasteiger partial charge >= 0.3 is 0 Å². The number of nitrogens with one attached hydrogen (secondary N) is 1. The van der Waals surface area contributed by atoms with Gasteiger partial charge in [0, 0.05) is 16.5 Å². The maximum Gasteiger partial charge on any atom is 0.292 e. The first kappa shape index (κ1) is 16.4. The van der Waals surface area contributed by atoms with E-state index in [1.54, 1.807) is 12.1 Å². The van der Waals surface area contributed by atoms with Crippen LogP contribution in [0.2, 0.25) is 0 Å². The molecule has 1 aromatic heterocycles. The van der Waals surface area contributed by atoms with Gasteiger partial charge in [0.25, 0.3) is 11.6 Å². The second-order valence-corrected chi connectivity index (χ2v) is 6.03. The summed E-state index contributed by atoms with van der Waals surface area (Å²) >= 11 is 1.51. The van der Waals surface area contributed by atoms with Crippen molar-refractivity contribution in [1.29, 1.82) is 0 Å². The molecule has 0 atom stereocenters. The highest BCUT2D eigenvalue weighted by molar-refractivity contribution is 7.13. The van der Waals surface area contributed by atoms with E-state index < -0.39 is 10.8 Å². The molecule has 0 bridgehead atoms. The molecule has 122 valence electrons. The monoisotopic (exact) mass is 349 g/mol. The van der Waals surface area contributed by atoms with Crippen LogP contribution in [0.15, 0.2) is 60.0 Å². The summed E-state index contributed by atoms with van der Waals surface area (Å²) in [6.07, 6.45) is 0. The molecule has 2 aromatic carbocycles. The van der Waals surface area contributed by atoms with E-state index in [2.05, 4.69) is 10.2 Å². The van der Waals surface area contributed by atoms with Crippen LogP contribution < -0.4 is 5.32 Å². The van der Waals surface area contributed by atoms with Gasteiger partial charge in [-0.3, -0.25) is 14.9 Å². The third kappa shape index (κ3) is 3.54. The SMILES string of the molecule is [C-]#[N+]c1ccc(C(=O)Nc2cc(-c3cccs3)ccc2[N+](=O)[O-])cc1. The van der Waals surface area contributed by atoms with Crippen LogP contribution >= 0.6 is 11.3 Å². The maximum atomic E-state index is 12.4. The summed E-state index contributed by atoms with van der Waals surface area (Å²) in [6, 6.07) is 14.5. The Morgan fingerprint density at radius 3 is 2.52 bits per heavy atom. The van der Waals surface area contributed by atoms with Crippen LogP contribution in [0.5, 0.6) is 0 Å². The molecule has 0 aliphatic rings. The normalized spacial score (nSPS) is 10.0. The molecule has 25 heavy (non-hydrogen) atoms. The molecule has 0 saturated carbocycles. The van der Waals surface area contributed by atoms with Crippen molar-refractivity contribution < 1.29 is 9.72 Å². The summed E-state index contributed by atoms with van der Waals surface area (Å²) in [5.74, 6) is -0.469. The van der Waals surface area contributed by atoms with Crippen molar-refractivity contribution in [3.05, 3.63) is 87.1 Å². The van der Waals surface area contributed by atoms with Crippen LogP contribution in [-0.4, -0.2) is 10.8 Å². The average molecular weight is 349 g/mol. The number of nitro benzene ring substituents is 1. The molecular weight excluding hydrogens is 338 g/mol. The lowest BCUT2D eigenvalue weighted by Gasteiger charge is -2.08. The summed E-state index contributed by atoms with van der Waals surface area (Å²) in [6.45, 7) is 6.92. The molecule has 0 aliphatic carbocycles. The number of hydrogen-bond acceptors (Lipinski definition) is 4. The molecular formula is C18H11N3O3S. The third-order valence-electron chi connectivity index (χ3n) is 3.51. The highest BCUT2D eigenvalue weighted by Gasteiger charge is 2.18. The molecule has 3 rings (SSSR count). The predicted octanol–water partition coefficient (Wildman–Crippen LogP) is 5.13. The van der Waals surface area contributed by atoms with Crippen molar-refractivity contribution in [2.75, 3.05) is 5.32 Å². The molecule has 1 heterocycles. The van der Waals surface area contributed by atoms with Crippen molar-refractivity contribution in [1.82, 2.24) is 0 Å². The number of rotatable bonds is 4. The number of anilines is 1. The predicted molar refractivity (Wildman–Crippen MR) is 97.1 cm³/mol. The fourth-order valence-corrected chi connectivity index (χ4v) is 3.00. The first-order chi connectivity index (χ1) is 12.1. The lowest BCUT2D eigenvalue weighted by molar-refractivity contribution is -0.383. The number of benzene rings is 2. The van der Waals surface area contributed by atoms with Gasteiger partial charge in [-0.15, -0.1) is 11.3 Å². The fourth-order valence-electron chi connectivity index (χ4n) is 2.27. The maximum absolute atomic E-state index is 12.4. The van der Waals surface area contributed by atoms with E-state index in [1.807, 2.05) is 17.5 Å². The minimum absolute atomic E-state index is 0.134. The standard InChI is InChI=1S/C18H11N3O3S/c1-19-14-7-4-12(5-8-14)18(22)20-15-11-13(17-3-2-10-25-17)6-9-16(15)21(23)24/h2-11H,(H,20,22). The molecule has 0 radical (unpaired) electrons. The van der Waals surface area contributed by atoms with Gasteiger partial charge in [-0.05, 0) is 29.1 Å². The minimum Gasteiger partial charge on any atom is -0.316 e.